The van der Waals surface area contributed by atoms with Crippen LogP contribution < -0.4 is 4.74 Å². The first-order chi connectivity index (χ1) is 12.6. The minimum Gasteiger partial charge on any atom is -0.496 e. The molecule has 0 fully saturated rings. The fourth-order valence-electron chi connectivity index (χ4n) is 3.04. The molecule has 3 nitrogen and oxygen atoms in total. The highest BCUT2D eigenvalue weighted by molar-refractivity contribution is 8.22. The summed E-state index contributed by atoms with van der Waals surface area (Å²) in [5.74, 6) is 0.821. The Balaban J connectivity index is 1.80. The second-order valence-corrected chi connectivity index (χ2v) is 7.69. The Morgan fingerprint density at radius 1 is 1.12 bits per heavy atom. The molecule has 0 amide bonds. The predicted molar refractivity (Wildman–Crippen MR) is 109 cm³/mol. The number of hydrogen-bond acceptors (Lipinski definition) is 4. The maximum absolute atomic E-state index is 6.40. The van der Waals surface area contributed by atoms with Crippen molar-refractivity contribution in [1.82, 2.24) is 4.90 Å². The lowest BCUT2D eigenvalue weighted by Crippen LogP contribution is -2.27. The van der Waals surface area contributed by atoms with Gasteiger partial charge in [0.15, 0.2) is 5.17 Å². The number of rotatable bonds is 3. The third kappa shape index (κ3) is 3.02. The minimum absolute atomic E-state index is 0.120. The lowest BCUT2D eigenvalue weighted by atomic mass is 10.0. The number of aliphatic imine (C=N–C) groups is 1. The predicted octanol–water partition coefficient (Wildman–Crippen LogP) is 6.17. The fraction of sp³-hybridized carbons (Fsp3) is 0.150. The molecule has 0 saturated carbocycles. The molecule has 1 unspecified atom stereocenters. The molecule has 0 saturated heterocycles. The van der Waals surface area contributed by atoms with E-state index in [-0.39, 0.29) is 6.04 Å². The molecule has 6 heteroatoms. The van der Waals surface area contributed by atoms with Gasteiger partial charge in [0.2, 0.25) is 0 Å². The number of thioether (sulfide) groups is 1. The molecule has 1 atom stereocenters. The number of hydrogen-bond donors (Lipinski definition) is 0. The first-order valence-corrected chi connectivity index (χ1v) is 9.60. The van der Waals surface area contributed by atoms with Crippen LogP contribution in [0.15, 0.2) is 59.4 Å². The summed E-state index contributed by atoms with van der Waals surface area (Å²) in [6, 6.07) is 13.4. The summed E-state index contributed by atoms with van der Waals surface area (Å²) in [5, 5.41) is 2.13. The van der Waals surface area contributed by atoms with Gasteiger partial charge >= 0.3 is 0 Å². The van der Waals surface area contributed by atoms with Gasteiger partial charge in [-0.1, -0.05) is 47.5 Å². The van der Waals surface area contributed by atoms with E-state index in [0.717, 1.165) is 32.6 Å². The van der Waals surface area contributed by atoms with Crippen molar-refractivity contribution in [2.24, 2.45) is 4.99 Å². The largest absolute Gasteiger partial charge is 0.496 e. The van der Waals surface area contributed by atoms with Crippen LogP contribution in [0, 0.1) is 6.08 Å². The topological polar surface area (TPSA) is 24.8 Å². The van der Waals surface area contributed by atoms with E-state index < -0.39 is 0 Å². The van der Waals surface area contributed by atoms with Crippen molar-refractivity contribution in [3.63, 3.8) is 0 Å². The molecule has 131 valence electrons. The van der Waals surface area contributed by atoms with Gasteiger partial charge in [0, 0.05) is 34.0 Å². The summed E-state index contributed by atoms with van der Waals surface area (Å²) in [4.78, 5) is 7.70. The normalized spacial score (nSPS) is 18.8. The number of benzene rings is 2. The van der Waals surface area contributed by atoms with Gasteiger partial charge in [-0.2, -0.15) is 0 Å². The van der Waals surface area contributed by atoms with Crippen LogP contribution in [0.5, 0.6) is 5.75 Å². The number of allylic oxidation sites excluding steroid dienone is 1. The van der Waals surface area contributed by atoms with Crippen molar-refractivity contribution in [1.29, 1.82) is 0 Å². The second kappa shape index (κ2) is 7.03. The lowest BCUT2D eigenvalue weighted by molar-refractivity contribution is 0.390. The van der Waals surface area contributed by atoms with Crippen LogP contribution in [0.4, 0.5) is 0 Å². The Morgan fingerprint density at radius 2 is 1.85 bits per heavy atom. The first-order valence-electron chi connectivity index (χ1n) is 8.02. The highest BCUT2D eigenvalue weighted by atomic mass is 35.5. The average molecular weight is 402 g/mol. The number of fused-ring (bicyclic) bond motifs is 1. The molecule has 0 bridgehead atoms. The maximum atomic E-state index is 6.40. The van der Waals surface area contributed by atoms with Crippen LogP contribution in [-0.4, -0.2) is 17.2 Å². The van der Waals surface area contributed by atoms with E-state index in [1.165, 1.54) is 0 Å². The van der Waals surface area contributed by atoms with E-state index in [1.54, 1.807) is 18.9 Å². The molecule has 1 radical (unpaired) electrons. The molecule has 0 aromatic heterocycles. The zero-order valence-electron chi connectivity index (χ0n) is 14.2. The van der Waals surface area contributed by atoms with Gasteiger partial charge in [-0.05, 0) is 36.9 Å². The van der Waals surface area contributed by atoms with Crippen molar-refractivity contribution in [3.05, 3.63) is 81.6 Å². The van der Waals surface area contributed by atoms with Crippen LogP contribution in [0.2, 0.25) is 10.0 Å². The molecular weight excluding hydrogens is 387 g/mol. The molecule has 2 aliphatic rings. The van der Waals surface area contributed by atoms with E-state index in [4.69, 9.17) is 27.9 Å². The number of ether oxygens (including phenoxy) is 1. The van der Waals surface area contributed by atoms with Crippen molar-refractivity contribution in [3.8, 4) is 5.75 Å². The highest BCUT2D eigenvalue weighted by Gasteiger charge is 2.33. The van der Waals surface area contributed by atoms with E-state index >= 15 is 0 Å². The van der Waals surface area contributed by atoms with E-state index in [2.05, 4.69) is 16.0 Å². The summed E-state index contributed by atoms with van der Waals surface area (Å²) in [6.45, 7) is 1.95. The van der Waals surface area contributed by atoms with Gasteiger partial charge in [-0.15, -0.1) is 0 Å². The summed E-state index contributed by atoms with van der Waals surface area (Å²) >= 11 is 14.4. The lowest BCUT2D eigenvalue weighted by Gasteiger charge is -2.29. The first kappa shape index (κ1) is 17.5. The number of nitrogens with zero attached hydrogens (tertiary/aromatic N) is 2. The van der Waals surface area contributed by atoms with Crippen molar-refractivity contribution in [2.45, 2.75) is 13.0 Å². The highest BCUT2D eigenvalue weighted by Crippen LogP contribution is 2.47. The van der Waals surface area contributed by atoms with Crippen molar-refractivity contribution in [2.75, 3.05) is 7.11 Å². The SMILES string of the molecule is COc1ccccc1C1[C]=C(C)N=C2SC(c3c(Cl)cccc3Cl)=CN21. The zero-order valence-corrected chi connectivity index (χ0v) is 16.5. The fourth-order valence-corrected chi connectivity index (χ4v) is 4.88. The summed E-state index contributed by atoms with van der Waals surface area (Å²) in [5.41, 5.74) is 2.71. The molecular formula is C20H15Cl2N2OS. The number of para-hydroxylation sites is 1. The van der Waals surface area contributed by atoms with Gasteiger partial charge in [-0.3, -0.25) is 0 Å². The molecule has 0 aliphatic carbocycles. The van der Waals surface area contributed by atoms with Crippen LogP contribution >= 0.6 is 35.0 Å². The van der Waals surface area contributed by atoms with Gasteiger partial charge in [0.1, 0.15) is 5.75 Å². The zero-order chi connectivity index (χ0) is 18.3. The molecule has 26 heavy (non-hydrogen) atoms. The van der Waals surface area contributed by atoms with Gasteiger partial charge in [0.25, 0.3) is 0 Å². The van der Waals surface area contributed by atoms with Gasteiger partial charge < -0.3 is 9.64 Å². The smallest absolute Gasteiger partial charge is 0.173 e. The summed E-state index contributed by atoms with van der Waals surface area (Å²) in [6.07, 6.45) is 5.47. The molecule has 2 heterocycles. The summed E-state index contributed by atoms with van der Waals surface area (Å²) in [7, 11) is 1.68. The Bertz CT molecular complexity index is 948. The average Bonchev–Trinajstić information content (AvgIpc) is 3.04. The van der Waals surface area contributed by atoms with Crippen LogP contribution in [0.25, 0.3) is 4.91 Å². The van der Waals surface area contributed by atoms with Gasteiger partial charge in [0.05, 0.1) is 23.2 Å². The summed E-state index contributed by atoms with van der Waals surface area (Å²) < 4.78 is 5.55. The Labute approximate surface area is 167 Å². The Hall–Kier alpha value is -1.88. The van der Waals surface area contributed by atoms with Crippen molar-refractivity contribution < 1.29 is 4.74 Å². The molecule has 2 aliphatic heterocycles. The van der Waals surface area contributed by atoms with E-state index in [1.807, 2.05) is 55.6 Å². The number of methoxy groups -OCH3 is 1. The monoisotopic (exact) mass is 401 g/mol. The molecule has 4 rings (SSSR count). The number of halogens is 2. The third-order valence-corrected chi connectivity index (χ3v) is 5.85. The standard InChI is InChI=1S/C20H15Cl2N2OS/c1-12-10-16(13-6-3-4-9-17(13)25-2)24-11-18(26-20(24)23-12)19-14(21)7-5-8-15(19)22/h3-9,11,16H,1-2H3. The molecule has 2 aromatic rings. The van der Waals surface area contributed by atoms with E-state index in [0.29, 0.717) is 10.0 Å². The van der Waals surface area contributed by atoms with Crippen LogP contribution in [0.3, 0.4) is 0 Å². The van der Waals surface area contributed by atoms with Crippen LogP contribution in [-0.2, 0) is 0 Å². The molecule has 0 spiro atoms. The second-order valence-electron chi connectivity index (χ2n) is 5.87. The molecule has 2 aromatic carbocycles. The minimum atomic E-state index is -0.120. The maximum Gasteiger partial charge on any atom is 0.173 e. The third-order valence-electron chi connectivity index (χ3n) is 4.21. The quantitative estimate of drug-likeness (QED) is 0.614. The number of amidine groups is 1. The Kier molecular flexibility index (Phi) is 4.74. The molecule has 0 N–H and O–H groups in total. The Morgan fingerprint density at radius 3 is 2.58 bits per heavy atom. The van der Waals surface area contributed by atoms with Gasteiger partial charge in [-0.25, -0.2) is 4.99 Å². The van der Waals surface area contributed by atoms with Crippen LogP contribution in [0.1, 0.15) is 24.1 Å². The van der Waals surface area contributed by atoms with Crippen molar-refractivity contribution >= 4 is 45.0 Å². The van der Waals surface area contributed by atoms with E-state index in [9.17, 15) is 0 Å².